The predicted molar refractivity (Wildman–Crippen MR) is 122 cm³/mol. The van der Waals surface area contributed by atoms with Crippen LogP contribution < -0.4 is 4.31 Å². The Morgan fingerprint density at radius 2 is 1.50 bits per heavy atom. The molecule has 0 radical (unpaired) electrons. The van der Waals surface area contributed by atoms with E-state index < -0.39 is 16.1 Å². The number of carbonyl (C=O) groups excluding carboxylic acids is 2. The maximum absolute atomic E-state index is 13.4. The summed E-state index contributed by atoms with van der Waals surface area (Å²) in [6.07, 6.45) is 0.430. The van der Waals surface area contributed by atoms with E-state index in [0.717, 1.165) is 16.3 Å². The summed E-state index contributed by atoms with van der Waals surface area (Å²) in [5.74, 6) is -0.312. The van der Waals surface area contributed by atoms with Crippen molar-refractivity contribution in [3.05, 3.63) is 60.2 Å². The monoisotopic (exact) mass is 459 g/mol. The Kier molecular flexibility index (Phi) is 7.74. The summed E-state index contributed by atoms with van der Waals surface area (Å²) in [6, 6.07) is 15.3. The zero-order valence-electron chi connectivity index (χ0n) is 18.4. The molecule has 1 aliphatic rings. The number of amides is 2. The molecule has 1 heterocycles. The molecule has 0 N–H and O–H groups in total. The van der Waals surface area contributed by atoms with Gasteiger partial charge in [-0.25, -0.2) is 13.2 Å². The fourth-order valence-corrected chi connectivity index (χ4v) is 4.94. The Labute approximate surface area is 189 Å². The van der Waals surface area contributed by atoms with Crippen molar-refractivity contribution in [3.8, 4) is 0 Å². The van der Waals surface area contributed by atoms with Crippen molar-refractivity contribution in [2.75, 3.05) is 43.6 Å². The lowest BCUT2D eigenvalue weighted by Gasteiger charge is -2.35. The van der Waals surface area contributed by atoms with Crippen LogP contribution in [-0.2, 0) is 26.0 Å². The van der Waals surface area contributed by atoms with Crippen molar-refractivity contribution in [1.29, 1.82) is 0 Å². The van der Waals surface area contributed by atoms with Gasteiger partial charge in [0.05, 0.1) is 17.2 Å². The summed E-state index contributed by atoms with van der Waals surface area (Å²) < 4.78 is 33.0. The molecule has 0 saturated carbocycles. The molecule has 0 aliphatic carbocycles. The minimum atomic E-state index is -3.94. The SMILES string of the molecule is CCOC(=O)N1CCN(C(=O)CN(c2ccc(CC)cc2)S(=O)(=O)c2ccccc2)CC1. The summed E-state index contributed by atoms with van der Waals surface area (Å²) in [5.41, 5.74) is 1.51. The largest absolute Gasteiger partial charge is 0.450 e. The molecule has 32 heavy (non-hydrogen) atoms. The van der Waals surface area contributed by atoms with E-state index >= 15 is 0 Å². The van der Waals surface area contributed by atoms with Gasteiger partial charge in [-0.1, -0.05) is 37.3 Å². The first-order valence-electron chi connectivity index (χ1n) is 10.7. The summed E-state index contributed by atoms with van der Waals surface area (Å²) in [4.78, 5) is 28.2. The molecule has 1 aliphatic heterocycles. The van der Waals surface area contributed by atoms with Gasteiger partial charge < -0.3 is 14.5 Å². The van der Waals surface area contributed by atoms with Crippen LogP contribution in [0.15, 0.2) is 59.5 Å². The van der Waals surface area contributed by atoms with Gasteiger partial charge in [-0.3, -0.25) is 9.10 Å². The Bertz CT molecular complexity index is 1020. The van der Waals surface area contributed by atoms with Gasteiger partial charge in [0.15, 0.2) is 0 Å². The van der Waals surface area contributed by atoms with E-state index in [0.29, 0.717) is 38.5 Å². The van der Waals surface area contributed by atoms with E-state index in [2.05, 4.69) is 0 Å². The van der Waals surface area contributed by atoms with Gasteiger partial charge in [-0.05, 0) is 43.2 Å². The van der Waals surface area contributed by atoms with Crippen LogP contribution in [-0.4, -0.2) is 69.5 Å². The third-order valence-corrected chi connectivity index (χ3v) is 7.19. The summed E-state index contributed by atoms with van der Waals surface area (Å²) in [7, 11) is -3.94. The molecule has 3 rings (SSSR count). The van der Waals surface area contributed by atoms with Crippen molar-refractivity contribution in [2.45, 2.75) is 25.2 Å². The summed E-state index contributed by atoms with van der Waals surface area (Å²) >= 11 is 0. The minimum Gasteiger partial charge on any atom is -0.450 e. The fourth-order valence-electron chi connectivity index (χ4n) is 3.51. The van der Waals surface area contributed by atoms with E-state index in [9.17, 15) is 18.0 Å². The van der Waals surface area contributed by atoms with Crippen LogP contribution in [0.1, 0.15) is 19.4 Å². The molecule has 0 aromatic heterocycles. The maximum atomic E-state index is 13.4. The van der Waals surface area contributed by atoms with Crippen LogP contribution in [0.5, 0.6) is 0 Å². The van der Waals surface area contributed by atoms with Crippen LogP contribution in [0.2, 0.25) is 0 Å². The highest BCUT2D eigenvalue weighted by Gasteiger charge is 2.31. The van der Waals surface area contributed by atoms with E-state index in [1.54, 1.807) is 47.1 Å². The first kappa shape index (κ1) is 23.6. The molecule has 0 bridgehead atoms. The average Bonchev–Trinajstić information content (AvgIpc) is 2.83. The van der Waals surface area contributed by atoms with Gasteiger partial charge in [0.1, 0.15) is 6.54 Å². The second-order valence-corrected chi connectivity index (χ2v) is 9.27. The highest BCUT2D eigenvalue weighted by molar-refractivity contribution is 7.92. The van der Waals surface area contributed by atoms with Gasteiger partial charge >= 0.3 is 6.09 Å². The lowest BCUT2D eigenvalue weighted by atomic mass is 10.1. The molecule has 0 spiro atoms. The lowest BCUT2D eigenvalue weighted by Crippen LogP contribution is -2.53. The number of ether oxygens (including phenoxy) is 1. The molecule has 9 heteroatoms. The number of carbonyl (C=O) groups is 2. The van der Waals surface area contributed by atoms with Gasteiger partial charge in [0.2, 0.25) is 5.91 Å². The Hall–Kier alpha value is -3.07. The molecular weight excluding hydrogens is 430 g/mol. The zero-order valence-corrected chi connectivity index (χ0v) is 19.3. The van der Waals surface area contributed by atoms with E-state index in [-0.39, 0.29) is 17.3 Å². The minimum absolute atomic E-state index is 0.125. The van der Waals surface area contributed by atoms with Crippen molar-refractivity contribution in [3.63, 3.8) is 0 Å². The number of sulfonamides is 1. The molecule has 0 atom stereocenters. The number of hydrogen-bond donors (Lipinski definition) is 0. The summed E-state index contributed by atoms with van der Waals surface area (Å²) in [6.45, 7) is 5.09. The molecule has 1 saturated heterocycles. The van der Waals surface area contributed by atoms with Gasteiger partial charge in [-0.15, -0.1) is 0 Å². The van der Waals surface area contributed by atoms with E-state index in [1.165, 1.54) is 12.1 Å². The quantitative estimate of drug-likeness (QED) is 0.635. The Balaban J connectivity index is 1.80. The van der Waals surface area contributed by atoms with Crippen LogP contribution in [0.4, 0.5) is 10.5 Å². The third kappa shape index (κ3) is 5.40. The van der Waals surface area contributed by atoms with Crippen molar-refractivity contribution >= 4 is 27.7 Å². The number of nitrogens with zero attached hydrogens (tertiary/aromatic N) is 3. The average molecular weight is 460 g/mol. The standard InChI is InChI=1S/C23H29N3O5S/c1-3-19-10-12-20(13-11-19)26(32(29,30)21-8-6-5-7-9-21)18-22(27)24-14-16-25(17-15-24)23(28)31-4-2/h5-13H,3-4,14-18H2,1-2H3. The number of piperazine rings is 1. The van der Waals surface area contributed by atoms with Crippen LogP contribution in [0.25, 0.3) is 0 Å². The molecule has 172 valence electrons. The van der Waals surface area contributed by atoms with Crippen molar-refractivity contribution in [2.24, 2.45) is 0 Å². The predicted octanol–water partition coefficient (Wildman–Crippen LogP) is 2.75. The lowest BCUT2D eigenvalue weighted by molar-refractivity contribution is -0.131. The Morgan fingerprint density at radius 1 is 0.906 bits per heavy atom. The fraction of sp³-hybridized carbons (Fsp3) is 0.391. The smallest absolute Gasteiger partial charge is 0.409 e. The highest BCUT2D eigenvalue weighted by atomic mass is 32.2. The van der Waals surface area contributed by atoms with Crippen molar-refractivity contribution in [1.82, 2.24) is 9.80 Å². The first-order valence-corrected chi connectivity index (χ1v) is 12.2. The topological polar surface area (TPSA) is 87.2 Å². The highest BCUT2D eigenvalue weighted by Crippen LogP contribution is 2.24. The summed E-state index contributed by atoms with van der Waals surface area (Å²) in [5, 5.41) is 0. The molecule has 2 aromatic carbocycles. The number of benzene rings is 2. The van der Waals surface area contributed by atoms with E-state index in [4.69, 9.17) is 4.74 Å². The molecule has 0 unspecified atom stereocenters. The second kappa shape index (κ2) is 10.5. The first-order chi connectivity index (χ1) is 15.4. The number of aryl methyl sites for hydroxylation is 1. The van der Waals surface area contributed by atoms with Gasteiger partial charge in [-0.2, -0.15) is 0 Å². The second-order valence-electron chi connectivity index (χ2n) is 7.41. The molecular formula is C23H29N3O5S. The van der Waals surface area contributed by atoms with Crippen LogP contribution in [0.3, 0.4) is 0 Å². The number of rotatable bonds is 7. The van der Waals surface area contributed by atoms with E-state index in [1.807, 2.05) is 19.1 Å². The normalized spacial score (nSPS) is 14.2. The third-order valence-electron chi connectivity index (χ3n) is 5.40. The Morgan fingerprint density at radius 3 is 2.06 bits per heavy atom. The maximum Gasteiger partial charge on any atom is 0.409 e. The molecule has 1 fully saturated rings. The van der Waals surface area contributed by atoms with Crippen LogP contribution >= 0.6 is 0 Å². The molecule has 8 nitrogen and oxygen atoms in total. The zero-order chi connectivity index (χ0) is 23.1. The van der Waals surface area contributed by atoms with Gasteiger partial charge in [0, 0.05) is 26.2 Å². The number of anilines is 1. The number of hydrogen-bond acceptors (Lipinski definition) is 5. The molecule has 2 aromatic rings. The van der Waals surface area contributed by atoms with Crippen molar-refractivity contribution < 1.29 is 22.7 Å². The van der Waals surface area contributed by atoms with Gasteiger partial charge in [0.25, 0.3) is 10.0 Å². The van der Waals surface area contributed by atoms with Crippen LogP contribution in [0, 0.1) is 0 Å². The molecule has 2 amide bonds.